The van der Waals surface area contributed by atoms with Crippen LogP contribution in [0.1, 0.15) is 15.9 Å². The molecule has 0 radical (unpaired) electrons. The number of carbonyl (C=O) groups is 1. The molecule has 0 amide bonds. The molecule has 4 heteroatoms. The number of methoxy groups -OCH3 is 1. The van der Waals surface area contributed by atoms with Crippen LogP contribution < -0.4 is 9.47 Å². The lowest BCUT2D eigenvalue weighted by Gasteiger charge is -2.12. The largest absolute Gasteiger partial charge is 0.493 e. The van der Waals surface area contributed by atoms with Gasteiger partial charge in [0.2, 0.25) is 0 Å². The standard InChI is InChI=1S/C19H17BrO3/c1-3-11-23-19-16(20)12-14(13-18(19)22-2)9-10-17(21)15-7-5-4-6-8-15/h3-10,12-13H,1,11H2,2H3/b10-9+. The third kappa shape index (κ3) is 4.57. The average molecular weight is 373 g/mol. The highest BCUT2D eigenvalue weighted by molar-refractivity contribution is 9.10. The second-order valence-electron chi connectivity index (χ2n) is 4.70. The van der Waals surface area contributed by atoms with Crippen molar-refractivity contribution in [1.29, 1.82) is 0 Å². The summed E-state index contributed by atoms with van der Waals surface area (Å²) >= 11 is 3.46. The van der Waals surface area contributed by atoms with Gasteiger partial charge in [-0.1, -0.05) is 49.1 Å². The van der Waals surface area contributed by atoms with Crippen molar-refractivity contribution in [3.63, 3.8) is 0 Å². The normalized spacial score (nSPS) is 10.5. The monoisotopic (exact) mass is 372 g/mol. The number of ether oxygens (including phenoxy) is 2. The summed E-state index contributed by atoms with van der Waals surface area (Å²) in [5.41, 5.74) is 1.49. The van der Waals surface area contributed by atoms with E-state index in [2.05, 4.69) is 22.5 Å². The molecule has 118 valence electrons. The van der Waals surface area contributed by atoms with Crippen LogP contribution in [0.2, 0.25) is 0 Å². The van der Waals surface area contributed by atoms with Gasteiger partial charge in [-0.25, -0.2) is 0 Å². The predicted octanol–water partition coefficient (Wildman–Crippen LogP) is 4.92. The SMILES string of the molecule is C=CCOc1c(Br)cc(/C=C/C(=O)c2ccccc2)cc1OC. The van der Waals surface area contributed by atoms with Crippen molar-refractivity contribution >= 4 is 27.8 Å². The van der Waals surface area contributed by atoms with Gasteiger partial charge in [-0.05, 0) is 39.7 Å². The van der Waals surface area contributed by atoms with E-state index in [1.54, 1.807) is 37.5 Å². The maximum Gasteiger partial charge on any atom is 0.185 e. The van der Waals surface area contributed by atoms with Crippen molar-refractivity contribution in [3.05, 3.63) is 76.8 Å². The van der Waals surface area contributed by atoms with Crippen LogP contribution >= 0.6 is 15.9 Å². The molecule has 0 fully saturated rings. The van der Waals surface area contributed by atoms with Gasteiger partial charge in [-0.2, -0.15) is 0 Å². The highest BCUT2D eigenvalue weighted by atomic mass is 79.9. The van der Waals surface area contributed by atoms with Gasteiger partial charge in [-0.3, -0.25) is 4.79 Å². The van der Waals surface area contributed by atoms with Gasteiger partial charge < -0.3 is 9.47 Å². The molecule has 0 saturated carbocycles. The van der Waals surface area contributed by atoms with Gasteiger partial charge in [-0.15, -0.1) is 0 Å². The summed E-state index contributed by atoms with van der Waals surface area (Å²) in [7, 11) is 1.57. The fraction of sp³-hybridized carbons (Fsp3) is 0.105. The summed E-state index contributed by atoms with van der Waals surface area (Å²) in [6, 6.07) is 12.8. The number of halogens is 1. The Morgan fingerprint density at radius 3 is 2.65 bits per heavy atom. The van der Waals surface area contributed by atoms with Gasteiger partial charge >= 0.3 is 0 Å². The fourth-order valence-corrected chi connectivity index (χ4v) is 2.56. The number of ketones is 1. The van der Waals surface area contributed by atoms with E-state index in [1.165, 1.54) is 0 Å². The highest BCUT2D eigenvalue weighted by Crippen LogP contribution is 2.37. The summed E-state index contributed by atoms with van der Waals surface area (Å²) in [4.78, 5) is 12.1. The molecule has 2 rings (SSSR count). The molecule has 0 unspecified atom stereocenters. The Labute approximate surface area is 144 Å². The fourth-order valence-electron chi connectivity index (χ4n) is 1.99. The van der Waals surface area contributed by atoms with E-state index in [0.29, 0.717) is 23.7 Å². The van der Waals surface area contributed by atoms with Crippen LogP contribution in [0.25, 0.3) is 6.08 Å². The Hall–Kier alpha value is -2.33. The van der Waals surface area contributed by atoms with Gasteiger partial charge in [0.05, 0.1) is 11.6 Å². The Balaban J connectivity index is 2.23. The van der Waals surface area contributed by atoms with Gasteiger partial charge in [0, 0.05) is 5.56 Å². The Kier molecular flexibility index (Phi) is 6.18. The summed E-state index contributed by atoms with van der Waals surface area (Å²) in [5, 5.41) is 0. The van der Waals surface area contributed by atoms with Gasteiger partial charge in [0.25, 0.3) is 0 Å². The quantitative estimate of drug-likeness (QED) is 0.393. The molecule has 2 aromatic carbocycles. The lowest BCUT2D eigenvalue weighted by Crippen LogP contribution is -1.98. The highest BCUT2D eigenvalue weighted by Gasteiger charge is 2.10. The molecule has 3 nitrogen and oxygen atoms in total. The number of rotatable bonds is 7. The zero-order valence-corrected chi connectivity index (χ0v) is 14.4. The molecule has 0 N–H and O–H groups in total. The molecular weight excluding hydrogens is 356 g/mol. The third-order valence-corrected chi connectivity index (χ3v) is 3.67. The van der Waals surface area contributed by atoms with Crippen molar-refractivity contribution < 1.29 is 14.3 Å². The molecule has 0 aromatic heterocycles. The first-order valence-corrected chi connectivity index (χ1v) is 7.83. The minimum absolute atomic E-state index is 0.0485. The minimum atomic E-state index is -0.0485. The number of benzene rings is 2. The zero-order chi connectivity index (χ0) is 16.7. The van der Waals surface area contributed by atoms with Crippen LogP contribution in [-0.2, 0) is 0 Å². The first kappa shape index (κ1) is 17.0. The van der Waals surface area contributed by atoms with E-state index in [-0.39, 0.29) is 5.78 Å². The van der Waals surface area contributed by atoms with E-state index >= 15 is 0 Å². The Bertz CT molecular complexity index is 721. The topological polar surface area (TPSA) is 35.5 Å². The van der Waals surface area contributed by atoms with Gasteiger partial charge in [0.15, 0.2) is 17.3 Å². The summed E-state index contributed by atoms with van der Waals surface area (Å²) < 4.78 is 11.7. The molecule has 0 aliphatic rings. The summed E-state index contributed by atoms with van der Waals surface area (Å²) in [5.74, 6) is 1.15. The molecule has 0 atom stereocenters. The van der Waals surface area contributed by atoms with E-state index in [1.807, 2.05) is 30.3 Å². The van der Waals surface area contributed by atoms with E-state index in [9.17, 15) is 4.79 Å². The van der Waals surface area contributed by atoms with Crippen LogP contribution in [-0.4, -0.2) is 19.5 Å². The van der Waals surface area contributed by atoms with E-state index < -0.39 is 0 Å². The van der Waals surface area contributed by atoms with Crippen LogP contribution in [0.4, 0.5) is 0 Å². The number of allylic oxidation sites excluding steroid dienone is 1. The van der Waals surface area contributed by atoms with Crippen LogP contribution in [0, 0.1) is 0 Å². The van der Waals surface area contributed by atoms with Crippen LogP contribution in [0.15, 0.2) is 65.7 Å². The predicted molar refractivity (Wildman–Crippen MR) is 96.2 cm³/mol. The van der Waals surface area contributed by atoms with Crippen LogP contribution in [0.3, 0.4) is 0 Å². The summed E-state index contributed by atoms with van der Waals surface area (Å²) in [6.45, 7) is 4.01. The molecule has 0 bridgehead atoms. The lowest BCUT2D eigenvalue weighted by molar-refractivity contribution is 0.104. The number of carbonyl (C=O) groups excluding carboxylic acids is 1. The van der Waals surface area contributed by atoms with Crippen molar-refractivity contribution in [2.45, 2.75) is 0 Å². The van der Waals surface area contributed by atoms with Gasteiger partial charge in [0.1, 0.15) is 6.61 Å². The second-order valence-corrected chi connectivity index (χ2v) is 5.55. The maximum atomic E-state index is 12.1. The molecule has 0 heterocycles. The molecule has 23 heavy (non-hydrogen) atoms. The molecule has 0 saturated heterocycles. The van der Waals surface area contributed by atoms with E-state index in [0.717, 1.165) is 10.0 Å². The Morgan fingerprint density at radius 2 is 2.00 bits per heavy atom. The Morgan fingerprint density at radius 1 is 1.26 bits per heavy atom. The molecule has 2 aromatic rings. The average Bonchev–Trinajstić information content (AvgIpc) is 2.59. The molecule has 0 aliphatic carbocycles. The number of hydrogen-bond donors (Lipinski definition) is 0. The third-order valence-electron chi connectivity index (χ3n) is 3.08. The zero-order valence-electron chi connectivity index (χ0n) is 12.8. The maximum absolute atomic E-state index is 12.1. The molecule has 0 aliphatic heterocycles. The second kappa shape index (κ2) is 8.34. The van der Waals surface area contributed by atoms with E-state index in [4.69, 9.17) is 9.47 Å². The summed E-state index contributed by atoms with van der Waals surface area (Å²) in [6.07, 6.45) is 4.96. The molecular formula is C19H17BrO3. The van der Waals surface area contributed by atoms with Crippen molar-refractivity contribution in [2.75, 3.05) is 13.7 Å². The smallest absolute Gasteiger partial charge is 0.185 e. The first-order valence-electron chi connectivity index (χ1n) is 7.04. The lowest BCUT2D eigenvalue weighted by atomic mass is 10.1. The molecule has 0 spiro atoms. The van der Waals surface area contributed by atoms with Crippen molar-refractivity contribution in [1.82, 2.24) is 0 Å². The van der Waals surface area contributed by atoms with Crippen molar-refractivity contribution in [3.8, 4) is 11.5 Å². The number of hydrogen-bond acceptors (Lipinski definition) is 3. The minimum Gasteiger partial charge on any atom is -0.493 e. The first-order chi connectivity index (χ1) is 11.2. The van der Waals surface area contributed by atoms with Crippen molar-refractivity contribution in [2.24, 2.45) is 0 Å². The van der Waals surface area contributed by atoms with Crippen LogP contribution in [0.5, 0.6) is 11.5 Å².